The molecule has 0 radical (unpaired) electrons. The standard InChI is InChI=1S/C29H30N6O/c1-19(23-12-10-22(16-30)11-13-23)17-32-28(24-8-6-5-7-9-24)29(36)33-26-15-14-25(18-31-26)27-20(2)34-35(4)21(27)3/h5-15,18-19,28,32H,17H2,1-4H3,(H,31,33,36)/t19-,28+/m0/s1. The largest absolute Gasteiger partial charge is 0.309 e. The Balaban J connectivity index is 1.48. The molecule has 0 aliphatic carbocycles. The first-order valence-electron chi connectivity index (χ1n) is 11.9. The highest BCUT2D eigenvalue weighted by atomic mass is 16.2. The third-order valence-corrected chi connectivity index (χ3v) is 6.44. The number of anilines is 1. The number of pyridine rings is 1. The fourth-order valence-corrected chi connectivity index (χ4v) is 4.31. The van der Waals surface area contributed by atoms with E-state index in [1.54, 1.807) is 6.20 Å². The van der Waals surface area contributed by atoms with Crippen LogP contribution in [0.3, 0.4) is 0 Å². The van der Waals surface area contributed by atoms with Crippen molar-refractivity contribution in [3.05, 3.63) is 101 Å². The molecule has 4 aromatic rings. The van der Waals surface area contributed by atoms with Crippen LogP contribution in [0.2, 0.25) is 0 Å². The summed E-state index contributed by atoms with van der Waals surface area (Å²) >= 11 is 0. The maximum absolute atomic E-state index is 13.3. The van der Waals surface area contributed by atoms with Crippen molar-refractivity contribution in [2.75, 3.05) is 11.9 Å². The normalized spacial score (nSPS) is 12.5. The van der Waals surface area contributed by atoms with Crippen molar-refractivity contribution in [1.82, 2.24) is 20.1 Å². The SMILES string of the molecule is Cc1nn(C)c(C)c1-c1ccc(NC(=O)[C@H](NC[C@H](C)c2ccc(C#N)cc2)c2ccccc2)nc1. The minimum absolute atomic E-state index is 0.153. The summed E-state index contributed by atoms with van der Waals surface area (Å²) in [6, 6.07) is 22.6. The van der Waals surface area contributed by atoms with Gasteiger partial charge >= 0.3 is 0 Å². The van der Waals surface area contributed by atoms with Crippen molar-refractivity contribution in [2.24, 2.45) is 7.05 Å². The summed E-state index contributed by atoms with van der Waals surface area (Å²) < 4.78 is 1.86. The van der Waals surface area contributed by atoms with Gasteiger partial charge in [0.15, 0.2) is 0 Å². The number of amides is 1. The molecule has 182 valence electrons. The van der Waals surface area contributed by atoms with Gasteiger partial charge in [-0.2, -0.15) is 10.4 Å². The molecule has 0 unspecified atom stereocenters. The maximum atomic E-state index is 13.3. The molecule has 1 amide bonds. The number of carbonyl (C=O) groups is 1. The fraction of sp³-hybridized carbons (Fsp3) is 0.241. The molecular weight excluding hydrogens is 448 g/mol. The first kappa shape index (κ1) is 24.8. The molecule has 2 N–H and O–H groups in total. The van der Waals surface area contributed by atoms with Crippen LogP contribution in [0.15, 0.2) is 72.9 Å². The number of benzene rings is 2. The molecule has 0 spiro atoms. The summed E-state index contributed by atoms with van der Waals surface area (Å²) in [5.41, 5.74) is 6.64. The van der Waals surface area contributed by atoms with E-state index in [-0.39, 0.29) is 11.8 Å². The second-order valence-electron chi connectivity index (χ2n) is 8.98. The Hall–Kier alpha value is -4.28. The van der Waals surface area contributed by atoms with Crippen molar-refractivity contribution in [3.8, 4) is 17.2 Å². The zero-order valence-corrected chi connectivity index (χ0v) is 21.0. The number of nitrogens with zero attached hydrogens (tertiary/aromatic N) is 4. The summed E-state index contributed by atoms with van der Waals surface area (Å²) in [6.45, 7) is 6.69. The molecule has 4 rings (SSSR count). The molecule has 0 aliphatic rings. The number of nitriles is 1. The van der Waals surface area contributed by atoms with Gasteiger partial charge in [0, 0.05) is 36.6 Å². The van der Waals surface area contributed by atoms with Gasteiger partial charge in [0.05, 0.1) is 17.3 Å². The summed E-state index contributed by atoms with van der Waals surface area (Å²) in [7, 11) is 1.92. The smallest absolute Gasteiger partial charge is 0.247 e. The van der Waals surface area contributed by atoms with Gasteiger partial charge < -0.3 is 10.6 Å². The minimum Gasteiger partial charge on any atom is -0.309 e. The fourth-order valence-electron chi connectivity index (χ4n) is 4.31. The zero-order valence-electron chi connectivity index (χ0n) is 21.0. The van der Waals surface area contributed by atoms with Crippen LogP contribution in [0, 0.1) is 25.2 Å². The number of aryl methyl sites for hydroxylation is 2. The molecule has 36 heavy (non-hydrogen) atoms. The summed E-state index contributed by atoms with van der Waals surface area (Å²) in [4.78, 5) is 17.8. The van der Waals surface area contributed by atoms with Gasteiger partial charge in [-0.05, 0) is 55.2 Å². The van der Waals surface area contributed by atoms with Crippen LogP contribution in [0.25, 0.3) is 11.1 Å². The predicted molar refractivity (Wildman–Crippen MR) is 141 cm³/mol. The monoisotopic (exact) mass is 478 g/mol. The van der Waals surface area contributed by atoms with E-state index in [0.717, 1.165) is 33.6 Å². The quantitative estimate of drug-likeness (QED) is 0.370. The van der Waals surface area contributed by atoms with E-state index in [0.29, 0.717) is 17.9 Å². The van der Waals surface area contributed by atoms with Crippen LogP contribution in [-0.2, 0) is 11.8 Å². The second kappa shape index (κ2) is 11.0. The molecule has 7 heteroatoms. The van der Waals surface area contributed by atoms with Crippen molar-refractivity contribution in [1.29, 1.82) is 5.26 Å². The molecule has 0 bridgehead atoms. The lowest BCUT2D eigenvalue weighted by molar-refractivity contribution is -0.118. The number of hydrogen-bond donors (Lipinski definition) is 2. The third kappa shape index (κ3) is 5.51. The van der Waals surface area contributed by atoms with Crippen molar-refractivity contribution in [3.63, 3.8) is 0 Å². The third-order valence-electron chi connectivity index (χ3n) is 6.44. The van der Waals surface area contributed by atoms with Crippen LogP contribution in [-0.4, -0.2) is 27.2 Å². The number of rotatable bonds is 8. The lowest BCUT2D eigenvalue weighted by atomic mass is 9.98. The first-order chi connectivity index (χ1) is 17.4. The van der Waals surface area contributed by atoms with Gasteiger partial charge in [0.2, 0.25) is 5.91 Å². The molecule has 2 aromatic heterocycles. The second-order valence-corrected chi connectivity index (χ2v) is 8.98. The topological polar surface area (TPSA) is 95.6 Å². The Labute approximate surface area is 211 Å². The molecule has 2 atom stereocenters. The van der Waals surface area contributed by atoms with Crippen LogP contribution in [0.4, 0.5) is 5.82 Å². The highest BCUT2D eigenvalue weighted by molar-refractivity contribution is 5.95. The summed E-state index contributed by atoms with van der Waals surface area (Å²) in [5, 5.41) is 19.9. The highest BCUT2D eigenvalue weighted by Crippen LogP contribution is 2.27. The molecular formula is C29H30N6O. The molecule has 0 saturated carbocycles. The zero-order chi connectivity index (χ0) is 25.7. The lowest BCUT2D eigenvalue weighted by Crippen LogP contribution is -2.35. The molecule has 0 saturated heterocycles. The molecule has 0 fully saturated rings. The average Bonchev–Trinajstić information content (AvgIpc) is 3.16. The van der Waals surface area contributed by atoms with Crippen LogP contribution in [0.1, 0.15) is 47.0 Å². The highest BCUT2D eigenvalue weighted by Gasteiger charge is 2.22. The van der Waals surface area contributed by atoms with Gasteiger partial charge in [-0.25, -0.2) is 4.98 Å². The van der Waals surface area contributed by atoms with Crippen LogP contribution >= 0.6 is 0 Å². The Morgan fingerprint density at radius 1 is 1.03 bits per heavy atom. The Bertz CT molecular complexity index is 1370. The van der Waals surface area contributed by atoms with E-state index in [1.165, 1.54) is 0 Å². The van der Waals surface area contributed by atoms with Gasteiger partial charge in [0.1, 0.15) is 11.9 Å². The van der Waals surface area contributed by atoms with E-state index < -0.39 is 6.04 Å². The summed E-state index contributed by atoms with van der Waals surface area (Å²) in [5.74, 6) is 0.466. The molecule has 2 aromatic carbocycles. The van der Waals surface area contributed by atoms with E-state index >= 15 is 0 Å². The van der Waals surface area contributed by atoms with E-state index in [2.05, 4.69) is 33.7 Å². The predicted octanol–water partition coefficient (Wildman–Crippen LogP) is 5.04. The van der Waals surface area contributed by atoms with E-state index in [1.807, 2.05) is 92.3 Å². The molecule has 2 heterocycles. The van der Waals surface area contributed by atoms with Gasteiger partial charge in [-0.3, -0.25) is 9.48 Å². The van der Waals surface area contributed by atoms with Crippen molar-refractivity contribution in [2.45, 2.75) is 32.7 Å². The Kier molecular flexibility index (Phi) is 7.57. The number of nitrogens with one attached hydrogen (secondary N) is 2. The van der Waals surface area contributed by atoms with Gasteiger partial charge in [-0.15, -0.1) is 0 Å². The van der Waals surface area contributed by atoms with E-state index in [4.69, 9.17) is 5.26 Å². The summed E-state index contributed by atoms with van der Waals surface area (Å²) in [6.07, 6.45) is 1.77. The first-order valence-corrected chi connectivity index (χ1v) is 11.9. The van der Waals surface area contributed by atoms with Crippen molar-refractivity contribution >= 4 is 11.7 Å². The Morgan fingerprint density at radius 3 is 2.33 bits per heavy atom. The average molecular weight is 479 g/mol. The Morgan fingerprint density at radius 2 is 1.75 bits per heavy atom. The molecule has 7 nitrogen and oxygen atoms in total. The number of hydrogen-bond acceptors (Lipinski definition) is 5. The van der Waals surface area contributed by atoms with Gasteiger partial charge in [0.25, 0.3) is 0 Å². The van der Waals surface area contributed by atoms with Crippen LogP contribution in [0.5, 0.6) is 0 Å². The number of aromatic nitrogens is 3. The molecule has 0 aliphatic heterocycles. The van der Waals surface area contributed by atoms with Crippen molar-refractivity contribution < 1.29 is 4.79 Å². The van der Waals surface area contributed by atoms with Gasteiger partial charge in [-0.1, -0.05) is 49.4 Å². The maximum Gasteiger partial charge on any atom is 0.247 e. The van der Waals surface area contributed by atoms with E-state index in [9.17, 15) is 4.79 Å². The van der Waals surface area contributed by atoms with Crippen LogP contribution < -0.4 is 10.6 Å². The lowest BCUT2D eigenvalue weighted by Gasteiger charge is -2.21. The minimum atomic E-state index is -0.545. The number of carbonyl (C=O) groups excluding carboxylic acids is 1.